The summed E-state index contributed by atoms with van der Waals surface area (Å²) in [6, 6.07) is 1.87. The lowest BCUT2D eigenvalue weighted by Crippen LogP contribution is -2.40. The number of hydrogen-bond acceptors (Lipinski definition) is 6. The molecule has 2 aromatic heterocycles. The van der Waals surface area contributed by atoms with E-state index in [2.05, 4.69) is 15.0 Å². The first kappa shape index (κ1) is 20.8. The highest BCUT2D eigenvalue weighted by molar-refractivity contribution is 5.77. The second-order valence-corrected chi connectivity index (χ2v) is 9.00. The van der Waals surface area contributed by atoms with Crippen LogP contribution in [0.3, 0.4) is 0 Å². The molecule has 4 rings (SSSR count). The number of aromatic nitrogens is 3. The smallest absolute Gasteiger partial charge is 0.225 e. The Morgan fingerprint density at radius 3 is 2.63 bits per heavy atom. The fraction of sp³-hybridized carbons (Fsp3) is 0.652. The van der Waals surface area contributed by atoms with Gasteiger partial charge in [0.1, 0.15) is 0 Å². The van der Waals surface area contributed by atoms with Gasteiger partial charge in [0.25, 0.3) is 0 Å². The van der Waals surface area contributed by atoms with E-state index in [9.17, 15) is 4.79 Å². The topological polar surface area (TPSA) is 75.4 Å². The van der Waals surface area contributed by atoms with E-state index in [4.69, 9.17) is 9.51 Å². The molecule has 1 unspecified atom stereocenters. The van der Waals surface area contributed by atoms with Gasteiger partial charge in [-0.2, -0.15) is 0 Å². The van der Waals surface area contributed by atoms with Crippen molar-refractivity contribution in [2.75, 3.05) is 25.5 Å². The highest BCUT2D eigenvalue weighted by Gasteiger charge is 2.33. The second kappa shape index (κ2) is 9.14. The van der Waals surface area contributed by atoms with Crippen molar-refractivity contribution >= 4 is 11.9 Å². The van der Waals surface area contributed by atoms with Crippen LogP contribution in [-0.2, 0) is 4.79 Å². The van der Waals surface area contributed by atoms with Gasteiger partial charge >= 0.3 is 0 Å². The van der Waals surface area contributed by atoms with Crippen LogP contribution < -0.4 is 4.90 Å². The Bertz CT molecular complexity index is 872. The average Bonchev–Trinajstić information content (AvgIpc) is 3.20. The van der Waals surface area contributed by atoms with E-state index in [0.717, 1.165) is 42.8 Å². The molecule has 1 saturated carbocycles. The molecule has 0 radical (unpaired) electrons. The van der Waals surface area contributed by atoms with Crippen molar-refractivity contribution in [1.82, 2.24) is 20.0 Å². The normalized spacial score (nSPS) is 20.4. The van der Waals surface area contributed by atoms with Crippen molar-refractivity contribution in [1.29, 1.82) is 0 Å². The van der Waals surface area contributed by atoms with Crippen LogP contribution in [0, 0.1) is 12.8 Å². The van der Waals surface area contributed by atoms with E-state index in [-0.39, 0.29) is 11.9 Å². The molecule has 7 heteroatoms. The summed E-state index contributed by atoms with van der Waals surface area (Å²) in [4.78, 5) is 26.7. The number of carbonyl (C=O) groups is 1. The molecule has 0 aromatic carbocycles. The van der Waals surface area contributed by atoms with Crippen LogP contribution in [0.1, 0.15) is 75.2 Å². The van der Waals surface area contributed by atoms with Gasteiger partial charge in [-0.05, 0) is 44.9 Å². The van der Waals surface area contributed by atoms with Crippen LogP contribution >= 0.6 is 0 Å². The number of likely N-dealkylation sites (tertiary alicyclic amines) is 1. The van der Waals surface area contributed by atoms with Crippen LogP contribution in [0.15, 0.2) is 16.8 Å². The molecule has 1 saturated heterocycles. The van der Waals surface area contributed by atoms with Crippen molar-refractivity contribution in [3.05, 3.63) is 23.7 Å². The van der Waals surface area contributed by atoms with Gasteiger partial charge in [-0.15, -0.1) is 0 Å². The average molecular weight is 412 g/mol. The molecule has 2 aromatic rings. The quantitative estimate of drug-likeness (QED) is 0.719. The van der Waals surface area contributed by atoms with Crippen LogP contribution in [0.2, 0.25) is 0 Å². The van der Waals surface area contributed by atoms with Gasteiger partial charge < -0.3 is 14.3 Å². The molecule has 7 nitrogen and oxygen atoms in total. The third-order valence-electron chi connectivity index (χ3n) is 6.43. The van der Waals surface area contributed by atoms with E-state index in [1.807, 2.05) is 38.2 Å². The predicted octanol–water partition coefficient (Wildman–Crippen LogP) is 4.53. The molecular formula is C23H33N5O2. The first-order valence-corrected chi connectivity index (χ1v) is 11.3. The lowest BCUT2D eigenvalue weighted by Gasteiger charge is -2.37. The fourth-order valence-electron chi connectivity index (χ4n) is 4.80. The second-order valence-electron chi connectivity index (χ2n) is 9.00. The Morgan fingerprint density at radius 2 is 1.93 bits per heavy atom. The molecule has 0 spiro atoms. The Labute approximate surface area is 178 Å². The Hall–Kier alpha value is -2.44. The summed E-state index contributed by atoms with van der Waals surface area (Å²) < 4.78 is 5.55. The lowest BCUT2D eigenvalue weighted by atomic mass is 9.86. The molecule has 162 valence electrons. The molecule has 1 amide bonds. The van der Waals surface area contributed by atoms with Gasteiger partial charge in [-0.25, -0.2) is 9.97 Å². The molecule has 2 fully saturated rings. The zero-order chi connectivity index (χ0) is 21.1. The number of aryl methyl sites for hydroxylation is 1. The van der Waals surface area contributed by atoms with Gasteiger partial charge in [-0.3, -0.25) is 4.79 Å². The van der Waals surface area contributed by atoms with E-state index in [1.165, 1.54) is 32.1 Å². The zero-order valence-corrected chi connectivity index (χ0v) is 18.4. The van der Waals surface area contributed by atoms with Crippen molar-refractivity contribution in [2.45, 2.75) is 70.8 Å². The number of nitrogens with zero attached hydrogens (tertiary/aromatic N) is 5. The fourth-order valence-corrected chi connectivity index (χ4v) is 4.80. The molecule has 0 N–H and O–H groups in total. The number of rotatable bonds is 5. The molecule has 30 heavy (non-hydrogen) atoms. The number of amides is 1. The molecule has 1 aliphatic carbocycles. The minimum Gasteiger partial charge on any atom is -0.356 e. The Balaban J connectivity index is 1.66. The summed E-state index contributed by atoms with van der Waals surface area (Å²) in [7, 11) is 3.87. The van der Waals surface area contributed by atoms with Crippen molar-refractivity contribution < 1.29 is 9.32 Å². The van der Waals surface area contributed by atoms with Gasteiger partial charge in [0.05, 0.1) is 23.0 Å². The Kier molecular flexibility index (Phi) is 6.35. The SMILES string of the molecule is Cc1cc(-c2cnc(N(C)C)nc2C2CCCCN2C(=O)CC2CCCCC2)on1. The Morgan fingerprint density at radius 1 is 1.17 bits per heavy atom. The monoisotopic (exact) mass is 411 g/mol. The summed E-state index contributed by atoms with van der Waals surface area (Å²) in [6.45, 7) is 2.70. The summed E-state index contributed by atoms with van der Waals surface area (Å²) in [5.41, 5.74) is 2.53. The minimum absolute atomic E-state index is 0.0445. The molecule has 2 aliphatic rings. The summed E-state index contributed by atoms with van der Waals surface area (Å²) in [5, 5.41) is 4.05. The highest BCUT2D eigenvalue weighted by atomic mass is 16.5. The number of piperidine rings is 1. The molecular weight excluding hydrogens is 378 g/mol. The van der Waals surface area contributed by atoms with Crippen molar-refractivity contribution in [3.63, 3.8) is 0 Å². The standard InChI is InChI=1S/C23H33N5O2/c1-16-13-20(30-26-16)18-15-24-23(27(2)3)25-22(18)19-11-7-8-12-28(19)21(29)14-17-9-5-4-6-10-17/h13,15,17,19H,4-12,14H2,1-3H3. The van der Waals surface area contributed by atoms with Crippen molar-refractivity contribution in [2.24, 2.45) is 5.92 Å². The third kappa shape index (κ3) is 4.50. The van der Waals surface area contributed by atoms with Crippen LogP contribution in [0.4, 0.5) is 5.95 Å². The molecule has 1 aliphatic heterocycles. The highest BCUT2D eigenvalue weighted by Crippen LogP contribution is 2.38. The molecule has 0 bridgehead atoms. The first-order chi connectivity index (χ1) is 14.5. The van der Waals surface area contributed by atoms with E-state index in [1.54, 1.807) is 0 Å². The van der Waals surface area contributed by atoms with Crippen LogP contribution in [-0.4, -0.2) is 46.6 Å². The van der Waals surface area contributed by atoms with Crippen molar-refractivity contribution in [3.8, 4) is 11.3 Å². The number of hydrogen-bond donors (Lipinski definition) is 0. The van der Waals surface area contributed by atoms with Crippen LogP contribution in [0.5, 0.6) is 0 Å². The molecule has 1 atom stereocenters. The van der Waals surface area contributed by atoms with Crippen LogP contribution in [0.25, 0.3) is 11.3 Å². The molecule has 3 heterocycles. The summed E-state index contributed by atoms with van der Waals surface area (Å²) in [6.07, 6.45) is 11.7. The first-order valence-electron chi connectivity index (χ1n) is 11.3. The number of carbonyl (C=O) groups excluding carboxylic acids is 1. The van der Waals surface area contributed by atoms with Gasteiger partial charge in [0, 0.05) is 39.3 Å². The van der Waals surface area contributed by atoms with E-state index >= 15 is 0 Å². The van der Waals surface area contributed by atoms with Gasteiger partial charge in [-0.1, -0.05) is 24.4 Å². The predicted molar refractivity (Wildman–Crippen MR) is 116 cm³/mol. The lowest BCUT2D eigenvalue weighted by molar-refractivity contribution is -0.136. The largest absolute Gasteiger partial charge is 0.356 e. The maximum Gasteiger partial charge on any atom is 0.225 e. The maximum atomic E-state index is 13.4. The van der Waals surface area contributed by atoms with Gasteiger partial charge in [0.15, 0.2) is 5.76 Å². The van der Waals surface area contributed by atoms with E-state index < -0.39 is 0 Å². The summed E-state index contributed by atoms with van der Waals surface area (Å²) >= 11 is 0. The van der Waals surface area contributed by atoms with Gasteiger partial charge in [0.2, 0.25) is 11.9 Å². The van der Waals surface area contributed by atoms with E-state index in [0.29, 0.717) is 24.0 Å². The minimum atomic E-state index is -0.0445. The maximum absolute atomic E-state index is 13.4. The number of anilines is 1. The zero-order valence-electron chi connectivity index (χ0n) is 18.4. The summed E-state index contributed by atoms with van der Waals surface area (Å²) in [5.74, 6) is 2.12. The third-order valence-corrected chi connectivity index (χ3v) is 6.43.